The minimum Gasteiger partial charge on any atom is -0.257 e. The molecule has 2 nitrogen and oxygen atoms in total. The number of rotatable bonds is 2. The lowest BCUT2D eigenvalue weighted by Gasteiger charge is -1.95. The second-order valence-corrected chi connectivity index (χ2v) is 1.48. The van der Waals surface area contributed by atoms with E-state index in [0.29, 0.717) is 0 Å². The molecule has 0 N–H and O–H groups in total. The van der Waals surface area contributed by atoms with Gasteiger partial charge in [-0.05, 0) is 6.07 Å². The summed E-state index contributed by atoms with van der Waals surface area (Å²) in [5.74, 6) is 0. The third kappa shape index (κ3) is 1.79. The van der Waals surface area contributed by atoms with Crippen molar-refractivity contribution in [3.63, 3.8) is 0 Å². The minimum atomic E-state index is -2.37. The SMILES string of the molecule is FC(F)Cn1[c]c[c]n1. The lowest BCUT2D eigenvalue weighted by Crippen LogP contribution is -2.06. The molecule has 1 aromatic rings. The van der Waals surface area contributed by atoms with Gasteiger partial charge in [0.05, 0.1) is 6.20 Å². The zero-order valence-electron chi connectivity index (χ0n) is 4.51. The van der Waals surface area contributed by atoms with Crippen molar-refractivity contribution in [1.82, 2.24) is 9.78 Å². The van der Waals surface area contributed by atoms with Crippen LogP contribution in [0.1, 0.15) is 0 Å². The van der Waals surface area contributed by atoms with E-state index >= 15 is 0 Å². The number of aromatic nitrogens is 2. The number of hydrogen-bond acceptors (Lipinski definition) is 1. The molecule has 1 rings (SSSR count). The molecule has 0 aliphatic carbocycles. The summed E-state index contributed by atoms with van der Waals surface area (Å²) in [5.41, 5.74) is 0. The van der Waals surface area contributed by atoms with Crippen LogP contribution in [0.25, 0.3) is 0 Å². The van der Waals surface area contributed by atoms with Gasteiger partial charge >= 0.3 is 0 Å². The summed E-state index contributed by atoms with van der Waals surface area (Å²) < 4.78 is 24.0. The monoisotopic (exact) mass is 130 g/mol. The molecule has 0 fully saturated rings. The van der Waals surface area contributed by atoms with E-state index in [9.17, 15) is 8.78 Å². The first-order valence-electron chi connectivity index (χ1n) is 2.39. The second-order valence-electron chi connectivity index (χ2n) is 1.48. The normalized spacial score (nSPS) is 10.6. The Kier molecular flexibility index (Phi) is 1.77. The Hall–Kier alpha value is -0.930. The van der Waals surface area contributed by atoms with Crippen molar-refractivity contribution < 1.29 is 8.78 Å². The van der Waals surface area contributed by atoms with Crippen molar-refractivity contribution in [1.29, 1.82) is 0 Å². The summed E-state index contributed by atoms with van der Waals surface area (Å²) in [4.78, 5) is 0. The van der Waals surface area contributed by atoms with Gasteiger partial charge in [-0.3, -0.25) is 4.68 Å². The Morgan fingerprint density at radius 3 is 2.89 bits per heavy atom. The summed E-state index contributed by atoms with van der Waals surface area (Å²) in [5, 5.41) is 3.41. The van der Waals surface area contributed by atoms with Crippen LogP contribution in [0.2, 0.25) is 0 Å². The summed E-state index contributed by atoms with van der Waals surface area (Å²) in [6, 6.07) is 1.36. The highest BCUT2D eigenvalue weighted by Crippen LogP contribution is 1.94. The average Bonchev–Trinajstić information content (AvgIpc) is 2.15. The largest absolute Gasteiger partial charge is 0.257 e. The van der Waals surface area contributed by atoms with Gasteiger partial charge in [0.2, 0.25) is 0 Å². The fraction of sp³-hybridized carbons (Fsp3) is 0.400. The molecule has 0 bridgehead atoms. The Morgan fingerprint density at radius 2 is 2.44 bits per heavy atom. The van der Waals surface area contributed by atoms with Crippen molar-refractivity contribution >= 4 is 0 Å². The second kappa shape index (κ2) is 2.57. The highest BCUT2D eigenvalue weighted by atomic mass is 19.3. The van der Waals surface area contributed by atoms with Crippen molar-refractivity contribution in [3.05, 3.63) is 18.5 Å². The van der Waals surface area contributed by atoms with Crippen molar-refractivity contribution in [2.24, 2.45) is 0 Å². The zero-order valence-corrected chi connectivity index (χ0v) is 4.51. The Balaban J connectivity index is 2.48. The molecular formula is C5H4F2N2. The molecule has 0 aromatic carbocycles. The van der Waals surface area contributed by atoms with E-state index < -0.39 is 13.0 Å². The first-order chi connectivity index (χ1) is 4.29. The fourth-order valence-electron chi connectivity index (χ4n) is 0.455. The van der Waals surface area contributed by atoms with Gasteiger partial charge in [0.15, 0.2) is 0 Å². The van der Waals surface area contributed by atoms with Crippen LogP contribution >= 0.6 is 0 Å². The van der Waals surface area contributed by atoms with Crippen LogP contribution in [-0.2, 0) is 6.54 Å². The van der Waals surface area contributed by atoms with E-state index in [1.54, 1.807) is 0 Å². The molecule has 0 saturated heterocycles. The molecule has 9 heavy (non-hydrogen) atoms. The molecule has 0 atom stereocenters. The molecule has 48 valence electrons. The Morgan fingerprint density at radius 1 is 1.67 bits per heavy atom. The molecule has 0 amide bonds. The van der Waals surface area contributed by atoms with Crippen LogP contribution in [0.4, 0.5) is 8.78 Å². The highest BCUT2D eigenvalue weighted by molar-refractivity contribution is 4.72. The van der Waals surface area contributed by atoms with Crippen LogP contribution < -0.4 is 0 Å². The van der Waals surface area contributed by atoms with Crippen LogP contribution in [0.15, 0.2) is 6.07 Å². The van der Waals surface area contributed by atoms with E-state index in [4.69, 9.17) is 0 Å². The van der Waals surface area contributed by atoms with E-state index in [1.165, 1.54) is 6.07 Å². The number of hydrogen-bond donors (Lipinski definition) is 0. The average molecular weight is 130 g/mol. The number of nitrogens with zero attached hydrogens (tertiary/aromatic N) is 2. The Bertz CT molecular complexity index is 159. The number of alkyl halides is 2. The van der Waals surface area contributed by atoms with Crippen LogP contribution in [0.3, 0.4) is 0 Å². The lowest BCUT2D eigenvalue weighted by molar-refractivity contribution is 0.121. The van der Waals surface area contributed by atoms with E-state index in [0.717, 1.165) is 4.68 Å². The predicted molar refractivity (Wildman–Crippen MR) is 25.9 cm³/mol. The van der Waals surface area contributed by atoms with Crippen LogP contribution in [-0.4, -0.2) is 16.2 Å². The first kappa shape index (κ1) is 6.19. The molecule has 0 aliphatic heterocycles. The maximum atomic E-state index is 11.5. The smallest absolute Gasteiger partial charge is 0.257 e. The molecule has 0 saturated carbocycles. The summed E-state index contributed by atoms with van der Waals surface area (Å²) in [7, 11) is 0. The van der Waals surface area contributed by atoms with Gasteiger partial charge < -0.3 is 0 Å². The molecule has 4 heteroatoms. The Labute approximate surface area is 51.1 Å². The maximum absolute atomic E-state index is 11.5. The van der Waals surface area contributed by atoms with Crippen molar-refractivity contribution in [2.75, 3.05) is 0 Å². The topological polar surface area (TPSA) is 17.8 Å². The van der Waals surface area contributed by atoms with E-state index in [1.807, 2.05) is 0 Å². The van der Waals surface area contributed by atoms with Crippen molar-refractivity contribution in [2.45, 2.75) is 13.0 Å². The quantitative estimate of drug-likeness (QED) is 0.577. The van der Waals surface area contributed by atoms with Crippen molar-refractivity contribution in [3.8, 4) is 0 Å². The third-order valence-corrected chi connectivity index (χ3v) is 0.768. The van der Waals surface area contributed by atoms with Gasteiger partial charge in [-0.1, -0.05) is 0 Å². The van der Waals surface area contributed by atoms with Gasteiger partial charge in [0, 0.05) is 0 Å². The van der Waals surface area contributed by atoms with Crippen LogP contribution in [0, 0.1) is 12.4 Å². The summed E-state index contributed by atoms with van der Waals surface area (Å²) >= 11 is 0. The highest BCUT2D eigenvalue weighted by Gasteiger charge is 2.02. The first-order valence-corrected chi connectivity index (χ1v) is 2.39. The molecule has 1 aromatic heterocycles. The summed E-state index contributed by atoms with van der Waals surface area (Å²) in [6.45, 7) is -0.399. The number of halogens is 2. The fourth-order valence-corrected chi connectivity index (χ4v) is 0.455. The zero-order chi connectivity index (χ0) is 6.69. The molecule has 1 heterocycles. The third-order valence-electron chi connectivity index (χ3n) is 0.768. The van der Waals surface area contributed by atoms with Gasteiger partial charge in [0.25, 0.3) is 6.43 Å². The molecule has 0 unspecified atom stereocenters. The van der Waals surface area contributed by atoms with E-state index in [-0.39, 0.29) is 0 Å². The minimum absolute atomic E-state index is 0.399. The van der Waals surface area contributed by atoms with Gasteiger partial charge in [-0.15, -0.1) is 0 Å². The predicted octanol–water partition coefficient (Wildman–Crippen LogP) is 0.749. The summed E-state index contributed by atoms with van der Waals surface area (Å²) in [6.07, 6.45) is 2.43. The van der Waals surface area contributed by atoms with Gasteiger partial charge in [-0.2, -0.15) is 5.10 Å². The molecule has 2 radical (unpaired) electrons. The van der Waals surface area contributed by atoms with Gasteiger partial charge in [0.1, 0.15) is 12.7 Å². The van der Waals surface area contributed by atoms with E-state index in [2.05, 4.69) is 17.5 Å². The molecular weight excluding hydrogens is 126 g/mol. The van der Waals surface area contributed by atoms with Crippen LogP contribution in [0.5, 0.6) is 0 Å². The maximum Gasteiger partial charge on any atom is 0.257 e. The lowest BCUT2D eigenvalue weighted by atomic mass is 10.7. The molecule has 0 aliphatic rings. The standard InChI is InChI=1S/C5H4F2N2/c6-5(7)4-9-3-1-2-8-9/h1,5H,4H2. The van der Waals surface area contributed by atoms with Gasteiger partial charge in [-0.25, -0.2) is 8.78 Å². The molecule has 0 spiro atoms.